The maximum absolute atomic E-state index is 14.4. The van der Waals surface area contributed by atoms with Gasteiger partial charge < -0.3 is 10.5 Å². The van der Waals surface area contributed by atoms with E-state index in [1.54, 1.807) is 38.3 Å². The van der Waals surface area contributed by atoms with Crippen molar-refractivity contribution in [3.05, 3.63) is 71.4 Å². The Morgan fingerprint density at radius 1 is 1.20 bits per heavy atom. The number of amidine groups is 1. The number of allylic oxidation sites excluding steroid dienone is 1. The van der Waals surface area contributed by atoms with Gasteiger partial charge in [-0.3, -0.25) is 0 Å². The Labute approximate surface area is 146 Å². The Morgan fingerprint density at radius 3 is 2.32 bits per heavy atom. The zero-order chi connectivity index (χ0) is 18.4. The number of hydrazone groups is 1. The molecule has 2 N–H and O–H groups in total. The monoisotopic (exact) mass is 345 g/mol. The number of halogens is 2. The number of hydrogen-bond acceptors (Lipinski definition) is 3. The van der Waals surface area contributed by atoms with Crippen LogP contribution in [0.25, 0.3) is 0 Å². The molecule has 0 saturated heterocycles. The molecule has 2 aromatic carbocycles. The van der Waals surface area contributed by atoms with Gasteiger partial charge in [-0.25, -0.2) is 13.8 Å². The van der Waals surface area contributed by atoms with Crippen LogP contribution in [-0.2, 0) is 6.61 Å². The third-order valence-corrected chi connectivity index (χ3v) is 3.35. The maximum Gasteiger partial charge on any atom is 0.134 e. The predicted octanol–water partition coefficient (Wildman–Crippen LogP) is 4.48. The molecule has 0 bridgehead atoms. The van der Waals surface area contributed by atoms with Crippen LogP contribution in [0.2, 0.25) is 0 Å². The Kier molecular flexibility index (Phi) is 6.11. The molecule has 0 unspecified atom stereocenters. The molecule has 0 amide bonds. The van der Waals surface area contributed by atoms with Crippen LogP contribution in [0.15, 0.2) is 53.8 Å². The van der Waals surface area contributed by atoms with Crippen molar-refractivity contribution in [3.8, 4) is 5.75 Å². The molecule has 0 fully saturated rings. The van der Waals surface area contributed by atoms with E-state index in [-0.39, 0.29) is 23.7 Å². The first-order chi connectivity index (χ1) is 11.9. The van der Waals surface area contributed by atoms with E-state index in [9.17, 15) is 8.78 Å². The highest BCUT2D eigenvalue weighted by Crippen LogP contribution is 2.24. The van der Waals surface area contributed by atoms with Crippen LogP contribution in [0.3, 0.4) is 0 Å². The van der Waals surface area contributed by atoms with Crippen molar-refractivity contribution < 1.29 is 13.5 Å². The van der Waals surface area contributed by atoms with Crippen LogP contribution in [0.1, 0.15) is 25.0 Å². The van der Waals surface area contributed by atoms with Crippen molar-refractivity contribution in [2.24, 2.45) is 10.8 Å². The lowest BCUT2D eigenvalue weighted by Crippen LogP contribution is -2.16. The molecule has 0 aliphatic heterocycles. The molecule has 0 heterocycles. The van der Waals surface area contributed by atoms with Crippen molar-refractivity contribution in [1.82, 2.24) is 0 Å². The molecule has 4 nitrogen and oxygen atoms in total. The molecular formula is C19H21F2N3O. The molecule has 2 aromatic rings. The molecule has 6 heteroatoms. The SMILES string of the molecule is C/C=C\N(/N=C(\C)N)c1cc(F)c(COc2ccc(C)cc2)c(F)c1. The van der Waals surface area contributed by atoms with Gasteiger partial charge in [-0.05, 0) is 32.9 Å². The number of hydrogen-bond donors (Lipinski definition) is 1. The molecule has 0 aliphatic rings. The first kappa shape index (κ1) is 18.4. The lowest BCUT2D eigenvalue weighted by atomic mass is 10.2. The zero-order valence-electron chi connectivity index (χ0n) is 14.5. The van der Waals surface area contributed by atoms with Gasteiger partial charge >= 0.3 is 0 Å². The molecule has 0 aromatic heterocycles. The van der Waals surface area contributed by atoms with E-state index in [2.05, 4.69) is 5.10 Å². The van der Waals surface area contributed by atoms with Crippen LogP contribution in [0, 0.1) is 18.6 Å². The van der Waals surface area contributed by atoms with Gasteiger partial charge in [0.05, 0.1) is 11.3 Å². The highest BCUT2D eigenvalue weighted by molar-refractivity contribution is 5.78. The standard InChI is InChI=1S/C19H21F2N3O/c1-4-9-24(23-14(3)22)15-10-18(20)17(19(21)11-15)12-25-16-7-5-13(2)6-8-16/h4-11H,12H2,1-3H3,(H2,22,23)/b9-4-. The molecule has 25 heavy (non-hydrogen) atoms. The smallest absolute Gasteiger partial charge is 0.134 e. The van der Waals surface area contributed by atoms with E-state index in [0.29, 0.717) is 5.75 Å². The molecule has 0 spiro atoms. The van der Waals surface area contributed by atoms with Gasteiger partial charge in [-0.2, -0.15) is 5.10 Å². The topological polar surface area (TPSA) is 50.8 Å². The average molecular weight is 345 g/mol. The zero-order valence-corrected chi connectivity index (χ0v) is 14.5. The summed E-state index contributed by atoms with van der Waals surface area (Å²) >= 11 is 0. The first-order valence-electron chi connectivity index (χ1n) is 7.81. The van der Waals surface area contributed by atoms with E-state index in [1.807, 2.05) is 19.1 Å². The second-order valence-corrected chi connectivity index (χ2v) is 5.56. The second kappa shape index (κ2) is 8.28. The van der Waals surface area contributed by atoms with Crippen LogP contribution in [-0.4, -0.2) is 5.84 Å². The number of nitrogens with two attached hydrogens (primary N) is 1. The number of benzene rings is 2. The number of ether oxygens (including phenoxy) is 1. The van der Waals surface area contributed by atoms with E-state index in [4.69, 9.17) is 10.5 Å². The van der Waals surface area contributed by atoms with E-state index < -0.39 is 11.6 Å². The Bertz CT molecular complexity index is 759. The lowest BCUT2D eigenvalue weighted by Gasteiger charge is -2.17. The quantitative estimate of drug-likeness (QED) is 0.477. The third kappa shape index (κ3) is 5.04. The minimum Gasteiger partial charge on any atom is -0.489 e. The summed E-state index contributed by atoms with van der Waals surface area (Å²) in [4.78, 5) is 0. The number of anilines is 1. The van der Waals surface area contributed by atoms with Gasteiger partial charge in [0.25, 0.3) is 0 Å². The van der Waals surface area contributed by atoms with Crippen LogP contribution in [0.4, 0.5) is 14.5 Å². The first-order valence-corrected chi connectivity index (χ1v) is 7.81. The number of nitrogens with zero attached hydrogens (tertiary/aromatic N) is 2. The van der Waals surface area contributed by atoms with Crippen molar-refractivity contribution in [2.45, 2.75) is 27.4 Å². The summed E-state index contributed by atoms with van der Waals surface area (Å²) in [6, 6.07) is 9.64. The summed E-state index contributed by atoms with van der Waals surface area (Å²) in [5.74, 6) is -0.596. The highest BCUT2D eigenvalue weighted by Gasteiger charge is 2.15. The largest absolute Gasteiger partial charge is 0.489 e. The van der Waals surface area contributed by atoms with E-state index in [1.165, 1.54) is 17.1 Å². The van der Waals surface area contributed by atoms with Crippen molar-refractivity contribution in [2.75, 3.05) is 5.01 Å². The fourth-order valence-electron chi connectivity index (χ4n) is 2.14. The van der Waals surface area contributed by atoms with Gasteiger partial charge in [0, 0.05) is 18.3 Å². The normalized spacial score (nSPS) is 11.8. The summed E-state index contributed by atoms with van der Waals surface area (Å²) in [6.45, 7) is 5.10. The maximum atomic E-state index is 14.4. The van der Waals surface area contributed by atoms with Crippen molar-refractivity contribution in [1.29, 1.82) is 0 Å². The number of rotatable bonds is 6. The van der Waals surface area contributed by atoms with Crippen LogP contribution in [0.5, 0.6) is 5.75 Å². The Hall–Kier alpha value is -2.89. The Morgan fingerprint density at radius 2 is 1.80 bits per heavy atom. The molecule has 2 rings (SSSR count). The fraction of sp³-hybridized carbons (Fsp3) is 0.211. The molecule has 0 saturated carbocycles. The predicted molar refractivity (Wildman–Crippen MR) is 96.5 cm³/mol. The fourth-order valence-corrected chi connectivity index (χ4v) is 2.14. The highest BCUT2D eigenvalue weighted by atomic mass is 19.1. The molecular weight excluding hydrogens is 324 g/mol. The van der Waals surface area contributed by atoms with E-state index >= 15 is 0 Å². The van der Waals surface area contributed by atoms with Gasteiger partial charge in [-0.1, -0.05) is 23.8 Å². The van der Waals surface area contributed by atoms with Crippen LogP contribution >= 0.6 is 0 Å². The van der Waals surface area contributed by atoms with Gasteiger partial charge in [0.1, 0.15) is 29.8 Å². The second-order valence-electron chi connectivity index (χ2n) is 5.56. The molecule has 0 radical (unpaired) electrons. The lowest BCUT2D eigenvalue weighted by molar-refractivity contribution is 0.292. The molecule has 132 valence electrons. The van der Waals surface area contributed by atoms with Crippen molar-refractivity contribution in [3.63, 3.8) is 0 Å². The third-order valence-electron chi connectivity index (χ3n) is 3.35. The summed E-state index contributed by atoms with van der Waals surface area (Å²) in [7, 11) is 0. The molecule has 0 atom stereocenters. The summed E-state index contributed by atoms with van der Waals surface area (Å²) in [6.07, 6.45) is 3.25. The van der Waals surface area contributed by atoms with Crippen LogP contribution < -0.4 is 15.5 Å². The summed E-state index contributed by atoms with van der Waals surface area (Å²) < 4.78 is 34.2. The summed E-state index contributed by atoms with van der Waals surface area (Å²) in [5, 5.41) is 5.34. The number of aryl methyl sites for hydroxylation is 1. The minimum atomic E-state index is -0.707. The van der Waals surface area contributed by atoms with Crippen molar-refractivity contribution >= 4 is 11.5 Å². The van der Waals surface area contributed by atoms with E-state index in [0.717, 1.165) is 5.56 Å². The molecule has 0 aliphatic carbocycles. The summed E-state index contributed by atoms with van der Waals surface area (Å²) in [5.41, 5.74) is 6.73. The minimum absolute atomic E-state index is 0.141. The van der Waals surface area contributed by atoms with Gasteiger partial charge in [0.15, 0.2) is 0 Å². The van der Waals surface area contributed by atoms with Gasteiger partial charge in [-0.15, -0.1) is 0 Å². The van der Waals surface area contributed by atoms with Gasteiger partial charge in [0.2, 0.25) is 0 Å². The average Bonchev–Trinajstić information content (AvgIpc) is 2.55. The Balaban J connectivity index is 2.24.